The van der Waals surface area contributed by atoms with Gasteiger partial charge in [0.1, 0.15) is 5.82 Å². The molecule has 0 unspecified atom stereocenters. The second-order valence-electron chi connectivity index (χ2n) is 5.76. The number of nitrogens with zero attached hydrogens (tertiary/aromatic N) is 1. The van der Waals surface area contributed by atoms with Gasteiger partial charge in [0.05, 0.1) is 12.3 Å². The molecule has 0 aliphatic carbocycles. The number of hydrogen-bond acceptors (Lipinski definition) is 3. The summed E-state index contributed by atoms with van der Waals surface area (Å²) in [6, 6.07) is 5.33. The highest BCUT2D eigenvalue weighted by molar-refractivity contribution is 5.55. The van der Waals surface area contributed by atoms with E-state index in [2.05, 4.69) is 31.0 Å². The van der Waals surface area contributed by atoms with Crippen molar-refractivity contribution in [1.29, 1.82) is 0 Å². The molecule has 0 aliphatic rings. The van der Waals surface area contributed by atoms with E-state index < -0.39 is 0 Å². The van der Waals surface area contributed by atoms with Crippen molar-refractivity contribution in [3.05, 3.63) is 29.6 Å². The van der Waals surface area contributed by atoms with Crippen LogP contribution in [0.4, 0.5) is 10.1 Å². The first kappa shape index (κ1) is 17.9. The molecule has 0 aliphatic heterocycles. The maximum Gasteiger partial charge on any atom is 0.146 e. The third-order valence-electron chi connectivity index (χ3n) is 3.28. The average molecular weight is 296 g/mol. The molecule has 0 spiro atoms. The summed E-state index contributed by atoms with van der Waals surface area (Å²) in [4.78, 5) is 2.10. The van der Waals surface area contributed by atoms with Crippen molar-refractivity contribution in [2.24, 2.45) is 5.92 Å². The number of para-hydroxylation sites is 1. The van der Waals surface area contributed by atoms with Crippen LogP contribution in [-0.2, 0) is 11.3 Å². The van der Waals surface area contributed by atoms with E-state index in [0.29, 0.717) is 31.3 Å². The highest BCUT2D eigenvalue weighted by atomic mass is 19.1. The molecule has 0 radical (unpaired) electrons. The van der Waals surface area contributed by atoms with Crippen molar-refractivity contribution in [2.75, 3.05) is 38.3 Å². The largest absolute Gasteiger partial charge is 0.383 e. The predicted molar refractivity (Wildman–Crippen MR) is 87.3 cm³/mol. The summed E-state index contributed by atoms with van der Waals surface area (Å²) in [5.41, 5.74) is 1.73. The van der Waals surface area contributed by atoms with Crippen molar-refractivity contribution < 1.29 is 9.13 Å². The third-order valence-corrected chi connectivity index (χ3v) is 3.28. The zero-order valence-corrected chi connectivity index (χ0v) is 13.8. The fourth-order valence-corrected chi connectivity index (χ4v) is 2.39. The first-order valence-corrected chi connectivity index (χ1v) is 7.82. The number of hydrogen-bond donors (Lipinski definition) is 1. The summed E-state index contributed by atoms with van der Waals surface area (Å²) in [6.07, 6.45) is 1.07. The molecule has 0 heterocycles. The zero-order chi connectivity index (χ0) is 15.7. The van der Waals surface area contributed by atoms with Gasteiger partial charge in [-0.05, 0) is 30.5 Å². The summed E-state index contributed by atoms with van der Waals surface area (Å²) < 4.78 is 19.6. The fraction of sp³-hybridized carbons (Fsp3) is 0.647. The minimum absolute atomic E-state index is 0.150. The average Bonchev–Trinajstić information content (AvgIpc) is 2.44. The Morgan fingerprint density at radius 3 is 2.71 bits per heavy atom. The fourth-order valence-electron chi connectivity index (χ4n) is 2.39. The molecule has 0 fully saturated rings. The van der Waals surface area contributed by atoms with Gasteiger partial charge in [-0.2, -0.15) is 0 Å². The van der Waals surface area contributed by atoms with Crippen molar-refractivity contribution in [1.82, 2.24) is 5.32 Å². The molecular formula is C17H29FN2O. The number of rotatable bonds is 10. The molecule has 1 aromatic rings. The Hall–Kier alpha value is -1.13. The van der Waals surface area contributed by atoms with Gasteiger partial charge in [-0.15, -0.1) is 0 Å². The van der Waals surface area contributed by atoms with Gasteiger partial charge in [-0.25, -0.2) is 4.39 Å². The lowest BCUT2D eigenvalue weighted by Crippen LogP contribution is -2.33. The smallest absolute Gasteiger partial charge is 0.146 e. The van der Waals surface area contributed by atoms with Crippen LogP contribution in [0, 0.1) is 11.7 Å². The van der Waals surface area contributed by atoms with E-state index in [4.69, 9.17) is 4.74 Å². The van der Waals surface area contributed by atoms with Crippen molar-refractivity contribution in [2.45, 2.75) is 33.7 Å². The SMILES string of the molecule is CCCNCc1cccc(F)c1N(CCOC)CC(C)C. The summed E-state index contributed by atoms with van der Waals surface area (Å²) in [5.74, 6) is 0.320. The van der Waals surface area contributed by atoms with E-state index in [1.54, 1.807) is 19.2 Å². The van der Waals surface area contributed by atoms with Gasteiger partial charge in [-0.1, -0.05) is 32.9 Å². The molecule has 1 aromatic carbocycles. The van der Waals surface area contributed by atoms with Crippen molar-refractivity contribution >= 4 is 5.69 Å². The number of methoxy groups -OCH3 is 1. The molecule has 120 valence electrons. The molecule has 4 heteroatoms. The van der Waals surface area contributed by atoms with Crippen molar-refractivity contribution in [3.8, 4) is 0 Å². The molecule has 0 amide bonds. The van der Waals surface area contributed by atoms with Gasteiger partial charge in [-0.3, -0.25) is 0 Å². The molecule has 0 saturated carbocycles. The van der Waals surface area contributed by atoms with Gasteiger partial charge in [0.25, 0.3) is 0 Å². The van der Waals surface area contributed by atoms with Crippen LogP contribution in [0.2, 0.25) is 0 Å². The van der Waals surface area contributed by atoms with E-state index in [1.807, 2.05) is 6.07 Å². The van der Waals surface area contributed by atoms with Crippen LogP contribution >= 0.6 is 0 Å². The predicted octanol–water partition coefficient (Wildman–Crippen LogP) is 3.43. The Kier molecular flexibility index (Phi) is 8.31. The van der Waals surface area contributed by atoms with Gasteiger partial charge < -0.3 is 15.0 Å². The highest BCUT2D eigenvalue weighted by Gasteiger charge is 2.16. The van der Waals surface area contributed by atoms with Crippen LogP contribution in [0.3, 0.4) is 0 Å². The summed E-state index contributed by atoms with van der Waals surface area (Å²) >= 11 is 0. The minimum Gasteiger partial charge on any atom is -0.383 e. The lowest BCUT2D eigenvalue weighted by Gasteiger charge is -2.29. The third kappa shape index (κ3) is 6.02. The minimum atomic E-state index is -0.150. The molecule has 0 bridgehead atoms. The van der Waals surface area contributed by atoms with Gasteiger partial charge in [0.2, 0.25) is 0 Å². The van der Waals surface area contributed by atoms with Crippen molar-refractivity contribution in [3.63, 3.8) is 0 Å². The first-order valence-electron chi connectivity index (χ1n) is 7.82. The quantitative estimate of drug-likeness (QED) is 0.669. The number of halogens is 1. The lowest BCUT2D eigenvalue weighted by atomic mass is 10.1. The Morgan fingerprint density at radius 2 is 2.10 bits per heavy atom. The molecule has 3 nitrogen and oxygen atoms in total. The number of benzene rings is 1. The molecule has 1 rings (SSSR count). The zero-order valence-electron chi connectivity index (χ0n) is 13.8. The molecule has 1 N–H and O–H groups in total. The van der Waals surface area contributed by atoms with Crippen LogP contribution in [0.5, 0.6) is 0 Å². The summed E-state index contributed by atoms with van der Waals surface area (Å²) in [7, 11) is 1.68. The Bertz CT molecular complexity index is 410. The molecule has 0 atom stereocenters. The number of anilines is 1. The highest BCUT2D eigenvalue weighted by Crippen LogP contribution is 2.25. The number of nitrogens with one attached hydrogen (secondary N) is 1. The molecule has 0 aromatic heterocycles. The Balaban J connectivity index is 2.97. The Morgan fingerprint density at radius 1 is 1.33 bits per heavy atom. The maximum atomic E-state index is 14.4. The normalized spacial score (nSPS) is 11.1. The van der Waals surface area contributed by atoms with E-state index in [-0.39, 0.29) is 5.82 Å². The second kappa shape index (κ2) is 9.74. The van der Waals surface area contributed by atoms with Gasteiger partial charge in [0.15, 0.2) is 0 Å². The summed E-state index contributed by atoms with van der Waals surface area (Å²) in [6.45, 7) is 10.2. The number of ether oxygens (including phenoxy) is 1. The monoisotopic (exact) mass is 296 g/mol. The van der Waals surface area contributed by atoms with E-state index in [9.17, 15) is 4.39 Å². The maximum absolute atomic E-state index is 14.4. The van der Waals surface area contributed by atoms with Crippen LogP contribution in [0.25, 0.3) is 0 Å². The first-order chi connectivity index (χ1) is 10.1. The van der Waals surface area contributed by atoms with Gasteiger partial charge >= 0.3 is 0 Å². The molecule has 21 heavy (non-hydrogen) atoms. The van der Waals surface area contributed by atoms with Crippen LogP contribution in [0.15, 0.2) is 18.2 Å². The summed E-state index contributed by atoms with van der Waals surface area (Å²) in [5, 5.41) is 3.36. The standard InChI is InChI=1S/C17H29FN2O/c1-5-9-19-12-15-7-6-8-16(18)17(15)20(10-11-21-4)13-14(2)3/h6-8,14,19H,5,9-13H2,1-4H3. The van der Waals surface area contributed by atoms with E-state index in [0.717, 1.165) is 25.1 Å². The molecule has 0 saturated heterocycles. The van der Waals surface area contributed by atoms with Gasteiger partial charge in [0, 0.05) is 26.7 Å². The molecular weight excluding hydrogens is 267 g/mol. The van der Waals surface area contributed by atoms with Crippen LogP contribution in [-0.4, -0.2) is 33.4 Å². The van der Waals surface area contributed by atoms with E-state index in [1.165, 1.54) is 0 Å². The topological polar surface area (TPSA) is 24.5 Å². The second-order valence-corrected chi connectivity index (χ2v) is 5.76. The van der Waals surface area contributed by atoms with Crippen LogP contribution in [0.1, 0.15) is 32.8 Å². The lowest BCUT2D eigenvalue weighted by molar-refractivity contribution is 0.204. The van der Waals surface area contributed by atoms with Crippen LogP contribution < -0.4 is 10.2 Å². The van der Waals surface area contributed by atoms with E-state index >= 15 is 0 Å². The Labute approximate surface area is 128 Å².